The van der Waals surface area contributed by atoms with Crippen LogP contribution in [-0.2, 0) is 15.9 Å². The van der Waals surface area contributed by atoms with Crippen molar-refractivity contribution in [1.29, 1.82) is 0 Å². The molecule has 0 aliphatic rings. The topological polar surface area (TPSA) is 18.5 Å². The average molecular weight is 236 g/mol. The van der Waals surface area contributed by atoms with Crippen molar-refractivity contribution in [2.75, 3.05) is 0 Å². The van der Waals surface area contributed by atoms with Crippen LogP contribution < -0.4 is 0 Å². The fourth-order valence-electron chi connectivity index (χ4n) is 1.70. The number of aryl methyl sites for hydroxylation is 1. The second-order valence-electron chi connectivity index (χ2n) is 4.82. The van der Waals surface area contributed by atoms with E-state index in [1.165, 1.54) is 5.56 Å². The highest BCUT2D eigenvalue weighted by Crippen LogP contribution is 2.12. The van der Waals surface area contributed by atoms with Gasteiger partial charge in [-0.25, -0.2) is 0 Å². The minimum atomic E-state index is -0.102. The van der Waals surface area contributed by atoms with E-state index in [9.17, 15) is 0 Å². The van der Waals surface area contributed by atoms with Crippen molar-refractivity contribution in [3.05, 3.63) is 35.9 Å². The third kappa shape index (κ3) is 6.44. The average Bonchev–Trinajstić information content (AvgIpc) is 2.26. The lowest BCUT2D eigenvalue weighted by Gasteiger charge is -2.23. The van der Waals surface area contributed by atoms with Crippen LogP contribution in [0.1, 0.15) is 39.7 Å². The first kappa shape index (κ1) is 14.2. The van der Waals surface area contributed by atoms with Crippen LogP contribution in [0.4, 0.5) is 0 Å². The Morgan fingerprint density at radius 1 is 0.882 bits per heavy atom. The summed E-state index contributed by atoms with van der Waals surface area (Å²) in [4.78, 5) is 0. The van der Waals surface area contributed by atoms with Gasteiger partial charge in [-0.05, 0) is 39.7 Å². The third-order valence-electron chi connectivity index (χ3n) is 2.36. The molecule has 1 aromatic rings. The monoisotopic (exact) mass is 236 g/mol. The maximum atomic E-state index is 5.76. The third-order valence-corrected chi connectivity index (χ3v) is 2.36. The SMILES string of the molecule is CC(C)OC(CCc1ccccc1)OC(C)C. The molecule has 1 aromatic carbocycles. The number of benzene rings is 1. The van der Waals surface area contributed by atoms with Crippen molar-refractivity contribution in [1.82, 2.24) is 0 Å². The molecule has 0 atom stereocenters. The molecule has 0 saturated carbocycles. The predicted molar refractivity (Wildman–Crippen MR) is 71.0 cm³/mol. The molecule has 0 aromatic heterocycles. The highest BCUT2D eigenvalue weighted by atomic mass is 16.7. The van der Waals surface area contributed by atoms with E-state index in [0.29, 0.717) is 0 Å². The van der Waals surface area contributed by atoms with Crippen molar-refractivity contribution in [2.45, 2.75) is 59.0 Å². The number of ether oxygens (including phenoxy) is 2. The zero-order chi connectivity index (χ0) is 12.7. The van der Waals surface area contributed by atoms with Gasteiger partial charge in [-0.2, -0.15) is 0 Å². The molecule has 0 unspecified atom stereocenters. The van der Waals surface area contributed by atoms with Gasteiger partial charge >= 0.3 is 0 Å². The van der Waals surface area contributed by atoms with Gasteiger partial charge in [0.1, 0.15) is 0 Å². The fraction of sp³-hybridized carbons (Fsp3) is 0.600. The summed E-state index contributed by atoms with van der Waals surface area (Å²) in [5.41, 5.74) is 1.33. The largest absolute Gasteiger partial charge is 0.350 e. The molecule has 0 bridgehead atoms. The van der Waals surface area contributed by atoms with Gasteiger partial charge in [-0.15, -0.1) is 0 Å². The van der Waals surface area contributed by atoms with Crippen LogP contribution in [0.2, 0.25) is 0 Å². The quantitative estimate of drug-likeness (QED) is 0.670. The Bertz CT molecular complexity index is 283. The molecule has 2 nitrogen and oxygen atoms in total. The maximum Gasteiger partial charge on any atom is 0.158 e. The first-order chi connectivity index (χ1) is 8.08. The minimum absolute atomic E-state index is 0.102. The van der Waals surface area contributed by atoms with E-state index in [2.05, 4.69) is 24.3 Å². The molecular weight excluding hydrogens is 212 g/mol. The van der Waals surface area contributed by atoms with E-state index in [4.69, 9.17) is 9.47 Å². The van der Waals surface area contributed by atoms with Crippen molar-refractivity contribution >= 4 is 0 Å². The minimum Gasteiger partial charge on any atom is -0.350 e. The van der Waals surface area contributed by atoms with Crippen molar-refractivity contribution in [3.8, 4) is 0 Å². The molecule has 96 valence electrons. The molecular formula is C15H24O2. The van der Waals surface area contributed by atoms with E-state index in [0.717, 1.165) is 12.8 Å². The standard InChI is InChI=1S/C15H24O2/c1-12(2)16-15(17-13(3)4)11-10-14-8-6-5-7-9-14/h5-9,12-13,15H,10-11H2,1-4H3. The van der Waals surface area contributed by atoms with Crippen LogP contribution in [-0.4, -0.2) is 18.5 Å². The number of hydrogen-bond donors (Lipinski definition) is 0. The summed E-state index contributed by atoms with van der Waals surface area (Å²) in [6.45, 7) is 8.16. The second-order valence-corrected chi connectivity index (χ2v) is 4.82. The highest BCUT2D eigenvalue weighted by Gasteiger charge is 2.13. The summed E-state index contributed by atoms with van der Waals surface area (Å²) in [7, 11) is 0. The molecule has 0 spiro atoms. The Morgan fingerprint density at radius 3 is 1.88 bits per heavy atom. The molecule has 2 heteroatoms. The van der Waals surface area contributed by atoms with E-state index >= 15 is 0 Å². The normalized spacial score (nSPS) is 11.7. The summed E-state index contributed by atoms with van der Waals surface area (Å²) in [5.74, 6) is 0. The van der Waals surface area contributed by atoms with E-state index in [-0.39, 0.29) is 18.5 Å². The fourth-order valence-corrected chi connectivity index (χ4v) is 1.70. The smallest absolute Gasteiger partial charge is 0.158 e. The molecule has 0 N–H and O–H groups in total. The Morgan fingerprint density at radius 2 is 1.41 bits per heavy atom. The van der Waals surface area contributed by atoms with Crippen LogP contribution in [0.5, 0.6) is 0 Å². The van der Waals surface area contributed by atoms with Gasteiger partial charge in [0.25, 0.3) is 0 Å². The van der Waals surface area contributed by atoms with Crippen molar-refractivity contribution in [2.24, 2.45) is 0 Å². The molecule has 0 fully saturated rings. The summed E-state index contributed by atoms with van der Waals surface area (Å²) < 4.78 is 11.5. The van der Waals surface area contributed by atoms with E-state index in [1.807, 2.05) is 33.8 Å². The van der Waals surface area contributed by atoms with Gasteiger partial charge < -0.3 is 9.47 Å². The van der Waals surface area contributed by atoms with Gasteiger partial charge in [0.15, 0.2) is 6.29 Å². The Balaban J connectivity index is 2.43. The number of hydrogen-bond acceptors (Lipinski definition) is 2. The van der Waals surface area contributed by atoms with Crippen molar-refractivity contribution in [3.63, 3.8) is 0 Å². The summed E-state index contributed by atoms with van der Waals surface area (Å²) in [5, 5.41) is 0. The highest BCUT2D eigenvalue weighted by molar-refractivity contribution is 5.14. The van der Waals surface area contributed by atoms with Gasteiger partial charge in [-0.1, -0.05) is 30.3 Å². The maximum absolute atomic E-state index is 5.76. The Hall–Kier alpha value is -0.860. The summed E-state index contributed by atoms with van der Waals surface area (Å²) >= 11 is 0. The predicted octanol–water partition coefficient (Wildman–Crippen LogP) is 3.80. The second kappa shape index (κ2) is 7.46. The first-order valence-electron chi connectivity index (χ1n) is 6.42. The van der Waals surface area contributed by atoms with Crippen molar-refractivity contribution < 1.29 is 9.47 Å². The van der Waals surface area contributed by atoms with E-state index < -0.39 is 0 Å². The molecule has 1 rings (SSSR count). The van der Waals surface area contributed by atoms with E-state index in [1.54, 1.807) is 0 Å². The molecule has 0 radical (unpaired) electrons. The van der Waals surface area contributed by atoms with Gasteiger partial charge in [0.2, 0.25) is 0 Å². The number of rotatable bonds is 7. The zero-order valence-electron chi connectivity index (χ0n) is 11.3. The lowest BCUT2D eigenvalue weighted by molar-refractivity contribution is -0.183. The Labute approximate surface area is 105 Å². The lowest BCUT2D eigenvalue weighted by Crippen LogP contribution is -2.25. The van der Waals surface area contributed by atoms with Crippen LogP contribution >= 0.6 is 0 Å². The van der Waals surface area contributed by atoms with Gasteiger partial charge in [0.05, 0.1) is 12.2 Å². The molecule has 17 heavy (non-hydrogen) atoms. The molecule has 0 amide bonds. The van der Waals surface area contributed by atoms with Crippen LogP contribution in [0.25, 0.3) is 0 Å². The summed E-state index contributed by atoms with van der Waals surface area (Å²) in [6, 6.07) is 10.5. The molecule has 0 heterocycles. The summed E-state index contributed by atoms with van der Waals surface area (Å²) in [6.07, 6.45) is 2.20. The van der Waals surface area contributed by atoms with Gasteiger partial charge in [0, 0.05) is 6.42 Å². The van der Waals surface area contributed by atoms with Gasteiger partial charge in [-0.3, -0.25) is 0 Å². The molecule has 0 aliphatic carbocycles. The lowest BCUT2D eigenvalue weighted by atomic mass is 10.1. The van der Waals surface area contributed by atoms with Crippen LogP contribution in [0.3, 0.4) is 0 Å². The van der Waals surface area contributed by atoms with Crippen LogP contribution in [0, 0.1) is 0 Å². The Kier molecular flexibility index (Phi) is 6.23. The molecule has 0 saturated heterocycles. The molecule has 0 aliphatic heterocycles. The zero-order valence-corrected chi connectivity index (χ0v) is 11.3. The van der Waals surface area contributed by atoms with Crippen LogP contribution in [0.15, 0.2) is 30.3 Å². The first-order valence-corrected chi connectivity index (χ1v) is 6.42.